The van der Waals surface area contributed by atoms with Crippen LogP contribution in [0.5, 0.6) is 5.75 Å². The minimum atomic E-state index is -0.193. The molecule has 0 saturated carbocycles. The molecule has 6 heteroatoms. The van der Waals surface area contributed by atoms with Gasteiger partial charge < -0.3 is 20.7 Å². The molecular weight excluding hydrogens is 314 g/mol. The maximum Gasteiger partial charge on any atom is 0.255 e. The van der Waals surface area contributed by atoms with Gasteiger partial charge in [0.15, 0.2) is 0 Å². The van der Waals surface area contributed by atoms with Crippen molar-refractivity contribution in [2.45, 2.75) is 20.3 Å². The highest BCUT2D eigenvalue weighted by molar-refractivity contribution is 6.33. The van der Waals surface area contributed by atoms with Crippen LogP contribution in [0, 0.1) is 11.8 Å². The average molecular weight is 340 g/mol. The van der Waals surface area contributed by atoms with Crippen LogP contribution in [0.3, 0.4) is 0 Å². The number of nitrogens with zero attached hydrogens (tertiary/aromatic N) is 1. The fourth-order valence-corrected chi connectivity index (χ4v) is 3.48. The number of likely N-dealkylation sites (tertiary alicyclic amines) is 1. The van der Waals surface area contributed by atoms with Gasteiger partial charge in [0, 0.05) is 32.2 Å². The molecule has 2 rings (SSSR count). The minimum Gasteiger partial charge on any atom is -0.496 e. The largest absolute Gasteiger partial charge is 0.496 e. The number of nitrogen functional groups attached to an aromatic ring is 1. The van der Waals surface area contributed by atoms with E-state index in [4.69, 9.17) is 22.1 Å². The molecule has 1 heterocycles. The summed E-state index contributed by atoms with van der Waals surface area (Å²) in [5, 5.41) is 3.29. The maximum atomic E-state index is 12.3. The summed E-state index contributed by atoms with van der Waals surface area (Å²) in [6.07, 6.45) is 1.28. The number of halogens is 1. The third-order valence-corrected chi connectivity index (χ3v) is 4.55. The lowest BCUT2D eigenvalue weighted by atomic mass is 9.92. The van der Waals surface area contributed by atoms with E-state index >= 15 is 0 Å². The molecule has 23 heavy (non-hydrogen) atoms. The van der Waals surface area contributed by atoms with Crippen molar-refractivity contribution >= 4 is 23.2 Å². The molecule has 1 saturated heterocycles. The summed E-state index contributed by atoms with van der Waals surface area (Å²) in [6, 6.07) is 3.13. The molecule has 2 atom stereocenters. The molecule has 5 nitrogen and oxygen atoms in total. The van der Waals surface area contributed by atoms with Gasteiger partial charge in [0.2, 0.25) is 0 Å². The summed E-state index contributed by atoms with van der Waals surface area (Å²) < 4.78 is 5.22. The van der Waals surface area contributed by atoms with Gasteiger partial charge in [-0.05, 0) is 24.3 Å². The molecule has 0 radical (unpaired) electrons. The van der Waals surface area contributed by atoms with Gasteiger partial charge in [-0.1, -0.05) is 25.4 Å². The number of ether oxygens (including phenoxy) is 1. The number of anilines is 1. The van der Waals surface area contributed by atoms with Gasteiger partial charge in [-0.25, -0.2) is 0 Å². The molecule has 1 aliphatic heterocycles. The minimum absolute atomic E-state index is 0.193. The normalized spacial score (nSPS) is 21.9. The number of nitrogens with two attached hydrogens (primary N) is 1. The van der Waals surface area contributed by atoms with Gasteiger partial charge in [0.1, 0.15) is 5.75 Å². The fraction of sp³-hybridized carbons (Fsp3) is 0.588. The molecule has 1 aromatic carbocycles. The molecule has 1 amide bonds. The van der Waals surface area contributed by atoms with Crippen molar-refractivity contribution in [1.29, 1.82) is 0 Å². The number of methoxy groups -OCH3 is 1. The molecule has 0 aromatic heterocycles. The van der Waals surface area contributed by atoms with Crippen molar-refractivity contribution in [3.63, 3.8) is 0 Å². The van der Waals surface area contributed by atoms with E-state index in [9.17, 15) is 4.79 Å². The van der Waals surface area contributed by atoms with Crippen molar-refractivity contribution in [3.8, 4) is 5.75 Å². The third kappa shape index (κ3) is 4.75. The van der Waals surface area contributed by atoms with E-state index in [2.05, 4.69) is 24.1 Å². The summed E-state index contributed by atoms with van der Waals surface area (Å²) in [5.74, 6) is 1.67. The Morgan fingerprint density at radius 3 is 2.65 bits per heavy atom. The standard InChI is InChI=1S/C17H26ClN3O2/c1-11-6-12(2)10-21(9-11)5-4-20-17(22)13-7-14(18)15(19)8-16(13)23-3/h7-8,11-12H,4-6,9-10,19H2,1-3H3,(H,20,22). The lowest BCUT2D eigenvalue weighted by Crippen LogP contribution is -2.42. The van der Waals surface area contributed by atoms with E-state index in [1.165, 1.54) is 13.5 Å². The Morgan fingerprint density at radius 2 is 2.04 bits per heavy atom. The number of rotatable bonds is 5. The van der Waals surface area contributed by atoms with Crippen molar-refractivity contribution in [2.24, 2.45) is 11.8 Å². The first-order valence-electron chi connectivity index (χ1n) is 8.04. The highest BCUT2D eigenvalue weighted by Crippen LogP contribution is 2.28. The van der Waals surface area contributed by atoms with Crippen molar-refractivity contribution in [2.75, 3.05) is 39.0 Å². The van der Waals surface area contributed by atoms with Gasteiger partial charge in [-0.3, -0.25) is 4.79 Å². The highest BCUT2D eigenvalue weighted by atomic mass is 35.5. The second kappa shape index (κ2) is 7.88. The van der Waals surface area contributed by atoms with Crippen LogP contribution in [-0.4, -0.2) is 44.1 Å². The van der Waals surface area contributed by atoms with Crippen LogP contribution in [-0.2, 0) is 0 Å². The number of benzene rings is 1. The Balaban J connectivity index is 1.91. The molecule has 1 aromatic rings. The Morgan fingerprint density at radius 1 is 1.39 bits per heavy atom. The first kappa shape index (κ1) is 17.9. The smallest absolute Gasteiger partial charge is 0.255 e. The Hall–Kier alpha value is -1.46. The zero-order valence-electron chi connectivity index (χ0n) is 14.1. The number of piperidine rings is 1. The monoisotopic (exact) mass is 339 g/mol. The first-order chi connectivity index (χ1) is 10.9. The second-order valence-corrected chi connectivity index (χ2v) is 6.94. The zero-order valence-corrected chi connectivity index (χ0v) is 14.8. The van der Waals surface area contributed by atoms with E-state index in [1.54, 1.807) is 12.1 Å². The maximum absolute atomic E-state index is 12.3. The molecule has 3 N–H and O–H groups in total. The zero-order chi connectivity index (χ0) is 17.0. The Bertz CT molecular complexity index is 555. The van der Waals surface area contributed by atoms with Gasteiger partial charge in [0.05, 0.1) is 23.4 Å². The van der Waals surface area contributed by atoms with Gasteiger partial charge >= 0.3 is 0 Å². The first-order valence-corrected chi connectivity index (χ1v) is 8.42. The summed E-state index contributed by atoms with van der Waals surface area (Å²) in [7, 11) is 1.51. The Kier molecular flexibility index (Phi) is 6.13. The van der Waals surface area contributed by atoms with Crippen molar-refractivity contribution in [3.05, 3.63) is 22.7 Å². The molecule has 128 valence electrons. The molecule has 2 unspecified atom stereocenters. The fourth-order valence-electron chi connectivity index (χ4n) is 3.31. The number of hydrogen-bond acceptors (Lipinski definition) is 4. The van der Waals surface area contributed by atoms with E-state index < -0.39 is 0 Å². The molecule has 0 aliphatic carbocycles. The van der Waals surface area contributed by atoms with Crippen LogP contribution >= 0.6 is 11.6 Å². The molecule has 1 aliphatic rings. The van der Waals surface area contributed by atoms with Crippen LogP contribution in [0.25, 0.3) is 0 Å². The SMILES string of the molecule is COc1cc(N)c(Cl)cc1C(=O)NCCN1CC(C)CC(C)C1. The van der Waals surface area contributed by atoms with Crippen molar-refractivity contribution < 1.29 is 9.53 Å². The third-order valence-electron chi connectivity index (χ3n) is 4.22. The van der Waals surface area contributed by atoms with Gasteiger partial charge in [-0.2, -0.15) is 0 Å². The van der Waals surface area contributed by atoms with E-state index in [-0.39, 0.29) is 5.91 Å². The Labute approximate surface area is 143 Å². The number of amides is 1. The molecule has 0 spiro atoms. The number of nitrogens with one attached hydrogen (secondary N) is 1. The summed E-state index contributed by atoms with van der Waals surface area (Å²) in [6.45, 7) is 8.20. The van der Waals surface area contributed by atoms with E-state index in [1.807, 2.05) is 0 Å². The lowest BCUT2D eigenvalue weighted by Gasteiger charge is -2.34. The average Bonchev–Trinajstić information content (AvgIpc) is 2.48. The molecule has 1 fully saturated rings. The summed E-state index contributed by atoms with van der Waals surface area (Å²) in [4.78, 5) is 14.8. The van der Waals surface area contributed by atoms with Crippen LogP contribution in [0.15, 0.2) is 12.1 Å². The topological polar surface area (TPSA) is 67.6 Å². The quantitative estimate of drug-likeness (QED) is 0.809. The van der Waals surface area contributed by atoms with Crippen molar-refractivity contribution in [1.82, 2.24) is 10.2 Å². The predicted molar refractivity (Wildman–Crippen MR) is 94.1 cm³/mol. The lowest BCUT2D eigenvalue weighted by molar-refractivity contribution is 0.0933. The van der Waals surface area contributed by atoms with Gasteiger partial charge in [-0.15, -0.1) is 0 Å². The summed E-state index contributed by atoms with van der Waals surface area (Å²) in [5.41, 5.74) is 6.55. The summed E-state index contributed by atoms with van der Waals surface area (Å²) >= 11 is 6.01. The molecule has 0 bridgehead atoms. The van der Waals surface area contributed by atoms with E-state index in [0.29, 0.717) is 40.4 Å². The van der Waals surface area contributed by atoms with Crippen LogP contribution in [0.2, 0.25) is 5.02 Å². The molecular formula is C17H26ClN3O2. The van der Waals surface area contributed by atoms with Gasteiger partial charge in [0.25, 0.3) is 5.91 Å². The second-order valence-electron chi connectivity index (χ2n) is 6.54. The predicted octanol–water partition coefficient (Wildman–Crippen LogP) is 2.64. The van der Waals surface area contributed by atoms with E-state index in [0.717, 1.165) is 19.6 Å². The highest BCUT2D eigenvalue weighted by Gasteiger charge is 2.21. The van der Waals surface area contributed by atoms with Crippen LogP contribution < -0.4 is 15.8 Å². The van der Waals surface area contributed by atoms with Crippen LogP contribution in [0.4, 0.5) is 5.69 Å². The number of hydrogen-bond donors (Lipinski definition) is 2. The van der Waals surface area contributed by atoms with Crippen LogP contribution in [0.1, 0.15) is 30.6 Å². The number of carbonyl (C=O) groups excluding carboxylic acids is 1. The number of carbonyl (C=O) groups is 1.